The van der Waals surface area contributed by atoms with Gasteiger partial charge in [-0.1, -0.05) is 0 Å². The first-order chi connectivity index (χ1) is 6.86. The second kappa shape index (κ2) is 5.38. The van der Waals surface area contributed by atoms with Crippen molar-refractivity contribution in [1.82, 2.24) is 10.2 Å². The van der Waals surface area contributed by atoms with Gasteiger partial charge in [0.25, 0.3) is 0 Å². The van der Waals surface area contributed by atoms with Crippen LogP contribution in [0, 0.1) is 0 Å². The van der Waals surface area contributed by atoms with Crippen molar-refractivity contribution < 1.29 is 0 Å². The van der Waals surface area contributed by atoms with Crippen LogP contribution in [0.3, 0.4) is 0 Å². The molecule has 1 aliphatic carbocycles. The number of hydrogen-bond donors (Lipinski definition) is 1. The minimum atomic E-state index is 0.780. The van der Waals surface area contributed by atoms with Gasteiger partial charge in [0.05, 0.1) is 0 Å². The molecule has 1 aliphatic heterocycles. The summed E-state index contributed by atoms with van der Waals surface area (Å²) < 4.78 is 0. The molecule has 0 aromatic carbocycles. The molecule has 0 amide bonds. The summed E-state index contributed by atoms with van der Waals surface area (Å²) in [6.45, 7) is 6.20. The number of thioether (sulfide) groups is 1. The predicted octanol–water partition coefficient (Wildman–Crippen LogP) is 1.57. The largest absolute Gasteiger partial charge is 0.314 e. The predicted molar refractivity (Wildman–Crippen MR) is 64.0 cm³/mol. The van der Waals surface area contributed by atoms with Gasteiger partial charge in [-0.25, -0.2) is 0 Å². The Bertz CT molecular complexity index is 165. The molecule has 0 bridgehead atoms. The normalized spacial score (nSPS) is 26.4. The van der Waals surface area contributed by atoms with Crippen LogP contribution in [0.15, 0.2) is 0 Å². The maximum Gasteiger partial charge on any atom is 0.00796 e. The molecule has 1 heterocycles. The van der Waals surface area contributed by atoms with Crippen molar-refractivity contribution in [3.8, 4) is 0 Å². The molecule has 3 heteroatoms. The molecule has 0 aromatic heterocycles. The van der Waals surface area contributed by atoms with Crippen LogP contribution in [0.25, 0.3) is 0 Å². The van der Waals surface area contributed by atoms with E-state index in [0.717, 1.165) is 12.1 Å². The van der Waals surface area contributed by atoms with Gasteiger partial charge in [-0.15, -0.1) is 0 Å². The van der Waals surface area contributed by atoms with E-state index in [1.54, 1.807) is 0 Å². The molecule has 1 N–H and O–H groups in total. The second-order valence-electron chi connectivity index (χ2n) is 4.51. The highest BCUT2D eigenvalue weighted by atomic mass is 32.2. The standard InChI is InChI=1S/C11H22N2S/c1-10(4-5-12-11-2-3-11)13-6-8-14-9-7-13/h10-12H,2-9H2,1H3. The minimum absolute atomic E-state index is 0.780. The smallest absolute Gasteiger partial charge is 0.00796 e. The molecule has 82 valence electrons. The molecular formula is C11H22N2S. The van der Waals surface area contributed by atoms with Gasteiger partial charge in [0, 0.05) is 36.7 Å². The van der Waals surface area contributed by atoms with Gasteiger partial charge in [0.2, 0.25) is 0 Å². The second-order valence-corrected chi connectivity index (χ2v) is 5.74. The number of nitrogens with zero attached hydrogens (tertiary/aromatic N) is 1. The van der Waals surface area contributed by atoms with E-state index in [1.807, 2.05) is 0 Å². The van der Waals surface area contributed by atoms with Crippen molar-refractivity contribution in [3.05, 3.63) is 0 Å². The Kier molecular flexibility index (Phi) is 4.14. The SMILES string of the molecule is CC(CCNC1CC1)N1CCSCC1. The monoisotopic (exact) mass is 214 g/mol. The van der Waals surface area contributed by atoms with Gasteiger partial charge in [-0.2, -0.15) is 11.8 Å². The lowest BCUT2D eigenvalue weighted by Gasteiger charge is -2.32. The first-order valence-electron chi connectivity index (χ1n) is 5.91. The average Bonchev–Trinajstić information content (AvgIpc) is 3.03. The summed E-state index contributed by atoms with van der Waals surface area (Å²) in [5, 5.41) is 3.59. The summed E-state index contributed by atoms with van der Waals surface area (Å²) in [7, 11) is 0. The molecule has 14 heavy (non-hydrogen) atoms. The van der Waals surface area contributed by atoms with Gasteiger partial charge in [0.15, 0.2) is 0 Å². The van der Waals surface area contributed by atoms with Crippen LogP contribution in [-0.4, -0.2) is 48.1 Å². The fourth-order valence-electron chi connectivity index (χ4n) is 1.98. The van der Waals surface area contributed by atoms with Crippen LogP contribution in [-0.2, 0) is 0 Å². The Morgan fingerprint density at radius 2 is 2.07 bits per heavy atom. The summed E-state index contributed by atoms with van der Waals surface area (Å²) in [5.41, 5.74) is 0. The maximum absolute atomic E-state index is 3.59. The first-order valence-corrected chi connectivity index (χ1v) is 7.07. The molecule has 0 radical (unpaired) electrons. The van der Waals surface area contributed by atoms with E-state index in [-0.39, 0.29) is 0 Å². The van der Waals surface area contributed by atoms with Gasteiger partial charge in [-0.05, 0) is 32.7 Å². The Morgan fingerprint density at radius 3 is 2.71 bits per heavy atom. The van der Waals surface area contributed by atoms with Gasteiger partial charge in [0.1, 0.15) is 0 Å². The highest BCUT2D eigenvalue weighted by Gasteiger charge is 2.21. The van der Waals surface area contributed by atoms with Crippen LogP contribution in [0.5, 0.6) is 0 Å². The fourth-order valence-corrected chi connectivity index (χ4v) is 2.92. The van der Waals surface area contributed by atoms with Crippen LogP contribution >= 0.6 is 11.8 Å². The van der Waals surface area contributed by atoms with Crippen molar-refractivity contribution in [2.24, 2.45) is 0 Å². The van der Waals surface area contributed by atoms with E-state index >= 15 is 0 Å². The Hall–Kier alpha value is 0.270. The van der Waals surface area contributed by atoms with E-state index < -0.39 is 0 Å². The molecule has 1 unspecified atom stereocenters. The summed E-state index contributed by atoms with van der Waals surface area (Å²) >= 11 is 2.10. The third-order valence-corrected chi connectivity index (χ3v) is 4.18. The molecule has 2 rings (SSSR count). The Balaban J connectivity index is 1.57. The van der Waals surface area contributed by atoms with Gasteiger partial charge < -0.3 is 5.32 Å². The lowest BCUT2D eigenvalue weighted by atomic mass is 10.2. The van der Waals surface area contributed by atoms with Crippen molar-refractivity contribution in [2.45, 2.75) is 38.3 Å². The third kappa shape index (κ3) is 3.44. The van der Waals surface area contributed by atoms with E-state index in [0.29, 0.717) is 0 Å². The molecule has 1 atom stereocenters. The number of rotatable bonds is 5. The third-order valence-electron chi connectivity index (χ3n) is 3.24. The Labute approximate surface area is 91.8 Å². The zero-order valence-corrected chi connectivity index (χ0v) is 9.98. The molecule has 2 aliphatic rings. The fraction of sp³-hybridized carbons (Fsp3) is 1.00. The average molecular weight is 214 g/mol. The van der Waals surface area contributed by atoms with Crippen molar-refractivity contribution >= 4 is 11.8 Å². The van der Waals surface area contributed by atoms with E-state index in [2.05, 4.69) is 28.9 Å². The Morgan fingerprint density at radius 1 is 1.36 bits per heavy atom. The van der Waals surface area contributed by atoms with E-state index in [4.69, 9.17) is 0 Å². The number of hydrogen-bond acceptors (Lipinski definition) is 3. The van der Waals surface area contributed by atoms with Crippen LogP contribution in [0.1, 0.15) is 26.2 Å². The minimum Gasteiger partial charge on any atom is -0.314 e. The zero-order chi connectivity index (χ0) is 9.80. The molecule has 1 saturated carbocycles. The molecule has 1 saturated heterocycles. The van der Waals surface area contributed by atoms with Gasteiger partial charge >= 0.3 is 0 Å². The quantitative estimate of drug-likeness (QED) is 0.748. The van der Waals surface area contributed by atoms with Crippen LogP contribution in [0.4, 0.5) is 0 Å². The summed E-state index contributed by atoms with van der Waals surface area (Å²) in [6.07, 6.45) is 4.14. The van der Waals surface area contributed by atoms with E-state index in [1.165, 1.54) is 50.4 Å². The highest BCUT2D eigenvalue weighted by Crippen LogP contribution is 2.19. The molecular weight excluding hydrogens is 192 g/mol. The maximum atomic E-state index is 3.59. The molecule has 2 fully saturated rings. The first kappa shape index (κ1) is 10.8. The molecule has 0 spiro atoms. The van der Waals surface area contributed by atoms with Crippen molar-refractivity contribution in [3.63, 3.8) is 0 Å². The number of nitrogens with one attached hydrogen (secondary N) is 1. The summed E-state index contributed by atoms with van der Waals surface area (Å²) in [6, 6.07) is 1.65. The lowest BCUT2D eigenvalue weighted by molar-refractivity contribution is 0.219. The van der Waals surface area contributed by atoms with Gasteiger partial charge in [-0.3, -0.25) is 4.90 Å². The summed E-state index contributed by atoms with van der Waals surface area (Å²) in [5.74, 6) is 2.67. The van der Waals surface area contributed by atoms with Crippen LogP contribution in [0.2, 0.25) is 0 Å². The summed E-state index contributed by atoms with van der Waals surface area (Å²) in [4.78, 5) is 2.64. The van der Waals surface area contributed by atoms with Crippen molar-refractivity contribution in [2.75, 3.05) is 31.1 Å². The van der Waals surface area contributed by atoms with Crippen LogP contribution < -0.4 is 5.32 Å². The molecule has 2 nitrogen and oxygen atoms in total. The lowest BCUT2D eigenvalue weighted by Crippen LogP contribution is -2.41. The molecule has 0 aromatic rings. The van der Waals surface area contributed by atoms with E-state index in [9.17, 15) is 0 Å². The topological polar surface area (TPSA) is 15.3 Å². The zero-order valence-electron chi connectivity index (χ0n) is 9.17. The highest BCUT2D eigenvalue weighted by molar-refractivity contribution is 7.99. The van der Waals surface area contributed by atoms with Crippen molar-refractivity contribution in [1.29, 1.82) is 0 Å².